The van der Waals surface area contributed by atoms with Gasteiger partial charge in [-0.15, -0.1) is 0 Å². The third-order valence-electron chi connectivity index (χ3n) is 10.7. The van der Waals surface area contributed by atoms with Crippen LogP contribution in [0.1, 0.15) is 106 Å². The topological polar surface area (TPSA) is 180 Å². The van der Waals surface area contributed by atoms with Gasteiger partial charge in [0.2, 0.25) is 0 Å². The van der Waals surface area contributed by atoms with Crippen LogP contribution in [0.2, 0.25) is 0 Å². The molecule has 4 aromatic rings. The predicted octanol–water partition coefficient (Wildman–Crippen LogP) is 8.85. The number of anilines is 2. The second-order valence-electron chi connectivity index (χ2n) is 18.9. The number of carbonyl (C=O) groups is 4. The quantitative estimate of drug-likeness (QED) is 0.110. The number of ketones is 2. The summed E-state index contributed by atoms with van der Waals surface area (Å²) in [6, 6.07) is 17.7. The fourth-order valence-corrected chi connectivity index (χ4v) is 11.0. The molecule has 0 saturated carbocycles. The molecule has 0 aliphatic carbocycles. The number of esters is 2. The van der Waals surface area contributed by atoms with Gasteiger partial charge >= 0.3 is 11.9 Å². The zero-order chi connectivity index (χ0) is 50.5. The molecule has 0 bridgehead atoms. The first-order chi connectivity index (χ1) is 31.5. The van der Waals surface area contributed by atoms with E-state index in [1.54, 1.807) is 91.8 Å². The molecule has 368 valence electrons. The molecule has 0 N–H and O–H groups in total. The summed E-state index contributed by atoms with van der Waals surface area (Å²) < 4.78 is 107. The third kappa shape index (κ3) is 13.6. The number of rotatable bonds is 14. The highest BCUT2D eigenvalue weighted by atomic mass is 32.2. The van der Waals surface area contributed by atoms with E-state index in [1.807, 2.05) is 0 Å². The maximum absolute atomic E-state index is 13.7. The van der Waals surface area contributed by atoms with E-state index in [-0.39, 0.29) is 58.4 Å². The Hall–Kier alpha value is -5.88. The van der Waals surface area contributed by atoms with E-state index in [4.69, 9.17) is 18.9 Å². The lowest BCUT2D eigenvalue weighted by Crippen LogP contribution is -2.50. The maximum Gasteiger partial charge on any atom is 0.310 e. The van der Waals surface area contributed by atoms with E-state index in [0.29, 0.717) is 35.5 Å². The number of nitrogens with zero attached hydrogens (tertiary/aromatic N) is 2. The van der Waals surface area contributed by atoms with Crippen LogP contribution in [0, 0.1) is 11.6 Å². The first kappa shape index (κ1) is 53.1. The molecule has 2 aliphatic heterocycles. The smallest absolute Gasteiger partial charge is 0.310 e. The van der Waals surface area contributed by atoms with Crippen molar-refractivity contribution in [3.63, 3.8) is 0 Å². The molecular formula is C50H60F2N2O12S2. The minimum absolute atomic E-state index is 0.0257. The molecule has 0 unspecified atom stereocenters. The molecule has 68 heavy (non-hydrogen) atoms. The number of fused-ring (bicyclic) bond motifs is 2. The second kappa shape index (κ2) is 21.2. The molecule has 0 amide bonds. The molecule has 14 nitrogen and oxygen atoms in total. The summed E-state index contributed by atoms with van der Waals surface area (Å²) >= 11 is 0. The minimum Gasteiger partial charge on any atom is -0.486 e. The van der Waals surface area contributed by atoms with Crippen LogP contribution >= 0.6 is 0 Å². The standard InChI is InChI=1S/2C25H30FNO6S/c2*1-16(28)6-12-22-17(2)27(34(30,31)20-10-8-19(26)9-11-20)21-14-18(7-13-23(21)32-22)15-24(29)33-25(3,4)5/h2*7-11,13-14,17,22H,6,12,15H2,1-5H3/t2*17-,22+/m10/s1. The van der Waals surface area contributed by atoms with Gasteiger partial charge in [-0.25, -0.2) is 25.6 Å². The Balaban J connectivity index is 0.000000254. The van der Waals surface area contributed by atoms with Crippen molar-refractivity contribution in [1.82, 2.24) is 0 Å². The van der Waals surface area contributed by atoms with Crippen molar-refractivity contribution in [2.24, 2.45) is 0 Å². The molecule has 18 heteroatoms. The van der Waals surface area contributed by atoms with Gasteiger partial charge in [0, 0.05) is 12.8 Å². The number of benzene rings is 4. The Morgan fingerprint density at radius 3 is 1.18 bits per heavy atom. The third-order valence-corrected chi connectivity index (χ3v) is 14.6. The van der Waals surface area contributed by atoms with Crippen LogP contribution in [0.25, 0.3) is 0 Å². The van der Waals surface area contributed by atoms with Crippen molar-refractivity contribution in [2.45, 2.75) is 153 Å². The summed E-state index contributed by atoms with van der Waals surface area (Å²) in [5, 5.41) is 0. The lowest BCUT2D eigenvalue weighted by molar-refractivity contribution is -0.155. The Labute approximate surface area is 398 Å². The lowest BCUT2D eigenvalue weighted by Gasteiger charge is -2.41. The Morgan fingerprint density at radius 1 is 0.559 bits per heavy atom. The second-order valence-corrected chi connectivity index (χ2v) is 22.5. The monoisotopic (exact) mass is 982 g/mol. The van der Waals surface area contributed by atoms with Crippen LogP contribution in [0.15, 0.2) is 94.7 Å². The summed E-state index contributed by atoms with van der Waals surface area (Å²) in [5.74, 6) is -1.38. The average molecular weight is 983 g/mol. The molecular weight excluding hydrogens is 923 g/mol. The van der Waals surface area contributed by atoms with Crippen molar-refractivity contribution in [3.8, 4) is 11.5 Å². The fourth-order valence-electron chi connectivity index (χ4n) is 7.67. The van der Waals surface area contributed by atoms with Gasteiger partial charge in [0.05, 0.1) is 46.1 Å². The largest absolute Gasteiger partial charge is 0.486 e. The average Bonchev–Trinajstić information content (AvgIpc) is 3.21. The molecule has 0 saturated heterocycles. The van der Waals surface area contributed by atoms with Gasteiger partial charge in [0.25, 0.3) is 20.0 Å². The highest BCUT2D eigenvalue weighted by Crippen LogP contribution is 2.43. The van der Waals surface area contributed by atoms with E-state index in [1.165, 1.54) is 46.7 Å². The number of hydrogen-bond acceptors (Lipinski definition) is 12. The van der Waals surface area contributed by atoms with Crippen molar-refractivity contribution < 1.29 is 63.7 Å². The predicted molar refractivity (Wildman–Crippen MR) is 252 cm³/mol. The maximum atomic E-state index is 13.7. The SMILES string of the molecule is CC(=O)CC[C@@H]1Oc2ccc(CC(=O)OC(C)(C)C)cc2N(S(=O)(=O)c2ccc(F)cc2)[C@@H]1C.CC(=O)CC[C@H]1Oc2ccc(CC(=O)OC(C)(C)C)cc2N(S(=O)(=O)c2ccc(F)cc2)[C@H]1C. The van der Waals surface area contributed by atoms with Crippen molar-refractivity contribution >= 4 is 54.9 Å². The molecule has 0 aromatic heterocycles. The van der Waals surface area contributed by atoms with Gasteiger partial charge in [-0.05, 0) is 166 Å². The zero-order valence-corrected chi connectivity index (χ0v) is 41.6. The van der Waals surface area contributed by atoms with E-state index in [2.05, 4.69) is 0 Å². The van der Waals surface area contributed by atoms with Crippen LogP contribution in [0.4, 0.5) is 20.2 Å². The highest BCUT2D eigenvalue weighted by Gasteiger charge is 2.42. The molecule has 4 atom stereocenters. The Kier molecular flexibility index (Phi) is 16.5. The van der Waals surface area contributed by atoms with E-state index >= 15 is 0 Å². The summed E-state index contributed by atoms with van der Waals surface area (Å²) in [5.41, 5.74) is 0.375. The van der Waals surface area contributed by atoms with Gasteiger partial charge in [-0.1, -0.05) is 12.1 Å². The number of sulfonamides is 2. The number of hydrogen-bond donors (Lipinski definition) is 0. The molecule has 0 spiro atoms. The van der Waals surface area contributed by atoms with Crippen LogP contribution < -0.4 is 18.1 Å². The summed E-state index contributed by atoms with van der Waals surface area (Å²) in [6.07, 6.45) is -0.0619. The first-order valence-electron chi connectivity index (χ1n) is 22.2. The minimum atomic E-state index is -4.10. The fraction of sp³-hybridized carbons (Fsp3) is 0.440. The van der Waals surface area contributed by atoms with E-state index in [9.17, 15) is 44.8 Å². The van der Waals surface area contributed by atoms with Gasteiger partial charge in [0.15, 0.2) is 0 Å². The van der Waals surface area contributed by atoms with Gasteiger partial charge in [-0.3, -0.25) is 18.2 Å². The molecule has 2 aliphatic rings. The molecule has 0 fully saturated rings. The van der Waals surface area contributed by atoms with Crippen molar-refractivity contribution in [3.05, 3.63) is 108 Å². The summed E-state index contributed by atoms with van der Waals surface area (Å²) in [6.45, 7) is 17.0. The number of halogens is 2. The Morgan fingerprint density at radius 2 is 0.882 bits per heavy atom. The highest BCUT2D eigenvalue weighted by molar-refractivity contribution is 7.93. The molecule has 0 radical (unpaired) electrons. The molecule has 2 heterocycles. The van der Waals surface area contributed by atoms with Crippen molar-refractivity contribution in [1.29, 1.82) is 0 Å². The molecule has 4 aromatic carbocycles. The lowest BCUT2D eigenvalue weighted by atomic mass is 10.0. The van der Waals surface area contributed by atoms with Crippen LogP contribution in [-0.2, 0) is 61.5 Å². The first-order valence-corrected chi connectivity index (χ1v) is 25.1. The normalized spacial score (nSPS) is 18.1. The number of ether oxygens (including phenoxy) is 4. The summed E-state index contributed by atoms with van der Waals surface area (Å²) in [7, 11) is -8.20. The van der Waals surface area contributed by atoms with Crippen molar-refractivity contribution in [2.75, 3.05) is 8.61 Å². The summed E-state index contributed by atoms with van der Waals surface area (Å²) in [4.78, 5) is 47.6. The van der Waals surface area contributed by atoms with Crippen LogP contribution in [0.5, 0.6) is 11.5 Å². The van der Waals surface area contributed by atoms with E-state index < -0.39 is 79.1 Å². The molecule has 6 rings (SSSR count). The van der Waals surface area contributed by atoms with Gasteiger partial charge in [0.1, 0.15) is 58.1 Å². The zero-order valence-electron chi connectivity index (χ0n) is 40.0. The Bertz CT molecular complexity index is 2530. The van der Waals surface area contributed by atoms with Gasteiger partial charge < -0.3 is 28.5 Å². The number of carbonyl (C=O) groups excluding carboxylic acids is 4. The van der Waals surface area contributed by atoms with Crippen LogP contribution in [-0.4, -0.2) is 75.8 Å². The number of Topliss-reactive ketones (excluding diaryl/α,β-unsaturated/α-hetero) is 2. The van der Waals surface area contributed by atoms with E-state index in [0.717, 1.165) is 24.3 Å². The van der Waals surface area contributed by atoms with Gasteiger partial charge in [-0.2, -0.15) is 0 Å². The van der Waals surface area contributed by atoms with Crippen LogP contribution in [0.3, 0.4) is 0 Å².